The summed E-state index contributed by atoms with van der Waals surface area (Å²) in [6.07, 6.45) is 11.3. The van der Waals surface area contributed by atoms with Crippen molar-refractivity contribution in [3.8, 4) is 22.6 Å². The number of phenols is 2. The van der Waals surface area contributed by atoms with E-state index in [-0.39, 0.29) is 23.3 Å². The molecule has 4 rings (SSSR count). The van der Waals surface area contributed by atoms with Crippen LogP contribution in [-0.4, -0.2) is 56.9 Å². The van der Waals surface area contributed by atoms with E-state index in [1.54, 1.807) is 0 Å². The highest BCUT2D eigenvalue weighted by Crippen LogP contribution is 2.48. The minimum absolute atomic E-state index is 0.0205. The second-order valence-electron chi connectivity index (χ2n) is 12.0. The molecule has 0 unspecified atom stereocenters. The van der Waals surface area contributed by atoms with Crippen LogP contribution in [0.3, 0.4) is 0 Å². The maximum atomic E-state index is 11.9. The Morgan fingerprint density at radius 3 is 1.40 bits per heavy atom. The maximum absolute atomic E-state index is 11.9. The number of benzene rings is 2. The van der Waals surface area contributed by atoms with Crippen molar-refractivity contribution in [1.82, 2.24) is 0 Å². The Hall–Kier alpha value is -3.68. The first-order valence-corrected chi connectivity index (χ1v) is 15.4. The molecule has 4 N–H and O–H groups in total. The molecule has 2 aromatic rings. The lowest BCUT2D eigenvalue weighted by Crippen LogP contribution is -2.25. The highest BCUT2D eigenvalue weighted by molar-refractivity contribution is 5.97. The number of aliphatic imine (C=N–C) groups is 2. The number of aromatic hydroxyl groups is 2. The van der Waals surface area contributed by atoms with E-state index in [0.29, 0.717) is 35.1 Å². The number of aliphatic carboxylic acids is 2. The van der Waals surface area contributed by atoms with Gasteiger partial charge in [-0.25, -0.2) is 9.59 Å². The zero-order chi connectivity index (χ0) is 30.6. The highest BCUT2D eigenvalue weighted by Gasteiger charge is 2.29. The third-order valence-corrected chi connectivity index (χ3v) is 9.17. The number of rotatable bonds is 11. The second kappa shape index (κ2) is 13.5. The van der Waals surface area contributed by atoms with E-state index in [1.807, 2.05) is 39.8 Å². The Morgan fingerprint density at radius 2 is 1.07 bits per heavy atom. The largest absolute Gasteiger partial charge is 0.507 e. The minimum atomic E-state index is -1.01. The van der Waals surface area contributed by atoms with Crippen LogP contribution in [0.25, 0.3) is 11.1 Å². The summed E-state index contributed by atoms with van der Waals surface area (Å²) in [5, 5.41) is 43.1. The first-order valence-electron chi connectivity index (χ1n) is 15.4. The maximum Gasteiger partial charge on any atom is 0.328 e. The lowest BCUT2D eigenvalue weighted by molar-refractivity contribution is -0.140. The lowest BCUT2D eigenvalue weighted by Gasteiger charge is -2.27. The molecular formula is C34H44N2O6. The van der Waals surface area contributed by atoms with Crippen LogP contribution in [0, 0.1) is 11.8 Å². The smallest absolute Gasteiger partial charge is 0.328 e. The Kier molecular flexibility index (Phi) is 10.1. The van der Waals surface area contributed by atoms with Gasteiger partial charge in [-0.05, 0) is 97.6 Å². The van der Waals surface area contributed by atoms with E-state index in [9.17, 15) is 30.0 Å². The molecule has 4 atom stereocenters. The standard InChI is InChI=1S/C34H44N2O6/c1-5-19(3)29(33(39)40)35-17-23-15-21-11-7-9-13-25(21)27(31(23)37)28-26-14-10-8-12-22(26)16-24(32(28)38)18-36-30(34(41)42)20(4)6-2/h15-20,29-30,37-38H,5-14H2,1-4H3,(H,39,40)(H,41,42)/t19-,20-,29-,30-/m0/s1. The molecule has 8 heteroatoms. The van der Waals surface area contributed by atoms with Crippen molar-refractivity contribution in [2.75, 3.05) is 0 Å². The monoisotopic (exact) mass is 576 g/mol. The lowest BCUT2D eigenvalue weighted by atomic mass is 9.78. The van der Waals surface area contributed by atoms with Gasteiger partial charge >= 0.3 is 11.9 Å². The molecule has 0 radical (unpaired) electrons. The highest BCUT2D eigenvalue weighted by atomic mass is 16.4. The molecule has 0 aliphatic heterocycles. The number of nitrogens with zero attached hydrogens (tertiary/aromatic N) is 2. The SMILES string of the molecule is CC[C@H](C)[C@H](N=Cc1cc2c(c(-c3c(O)c(C=N[C@H](C(=O)O)[C@@H](C)CC)cc4c3CCCC4)c1O)CCCC2)C(=O)O. The Morgan fingerprint density at radius 1 is 0.714 bits per heavy atom. The van der Waals surface area contributed by atoms with E-state index < -0.39 is 24.0 Å². The predicted octanol–water partition coefficient (Wildman–Crippen LogP) is 6.36. The van der Waals surface area contributed by atoms with Crippen molar-refractivity contribution >= 4 is 24.4 Å². The summed E-state index contributed by atoms with van der Waals surface area (Å²) in [6.45, 7) is 7.55. The fraction of sp³-hybridized carbons (Fsp3) is 0.529. The summed E-state index contributed by atoms with van der Waals surface area (Å²) >= 11 is 0. The second-order valence-corrected chi connectivity index (χ2v) is 12.0. The molecule has 2 aliphatic rings. The van der Waals surface area contributed by atoms with Gasteiger partial charge in [0.15, 0.2) is 0 Å². The number of carboxylic acid groups (broad SMARTS) is 2. The molecule has 0 spiro atoms. The van der Waals surface area contributed by atoms with Crippen molar-refractivity contribution < 1.29 is 30.0 Å². The van der Waals surface area contributed by atoms with E-state index in [4.69, 9.17) is 0 Å². The van der Waals surface area contributed by atoms with Gasteiger partial charge in [-0.1, -0.05) is 40.5 Å². The molecule has 0 bridgehead atoms. The van der Waals surface area contributed by atoms with Gasteiger partial charge in [0.25, 0.3) is 0 Å². The minimum Gasteiger partial charge on any atom is -0.507 e. The van der Waals surface area contributed by atoms with Crippen molar-refractivity contribution in [2.45, 2.75) is 104 Å². The number of fused-ring (bicyclic) bond motifs is 2. The molecule has 2 aromatic carbocycles. The first-order chi connectivity index (χ1) is 20.1. The fourth-order valence-corrected chi connectivity index (χ4v) is 6.24. The van der Waals surface area contributed by atoms with Crippen LogP contribution in [0.2, 0.25) is 0 Å². The van der Waals surface area contributed by atoms with E-state index in [0.717, 1.165) is 73.6 Å². The summed E-state index contributed by atoms with van der Waals surface area (Å²) < 4.78 is 0. The Bertz CT molecular complexity index is 1290. The average Bonchev–Trinajstić information content (AvgIpc) is 2.97. The molecule has 226 valence electrons. The molecule has 2 aliphatic carbocycles. The number of hydrogen-bond acceptors (Lipinski definition) is 6. The summed E-state index contributed by atoms with van der Waals surface area (Å²) in [5.41, 5.74) is 6.14. The molecule has 0 heterocycles. The van der Waals surface area contributed by atoms with Gasteiger partial charge in [0.05, 0.1) is 0 Å². The summed E-state index contributed by atoms with van der Waals surface area (Å²) in [5.74, 6) is -2.39. The van der Waals surface area contributed by atoms with Crippen LogP contribution >= 0.6 is 0 Å². The number of aryl methyl sites for hydroxylation is 2. The summed E-state index contributed by atoms with van der Waals surface area (Å²) in [4.78, 5) is 32.7. The fourth-order valence-electron chi connectivity index (χ4n) is 6.24. The summed E-state index contributed by atoms with van der Waals surface area (Å²) in [7, 11) is 0. The number of phenolic OH excluding ortho intramolecular Hbond substituents is 2. The quantitative estimate of drug-likeness (QED) is 0.230. The number of carboxylic acids is 2. The molecular weight excluding hydrogens is 532 g/mol. The van der Waals surface area contributed by atoms with Gasteiger partial charge in [0, 0.05) is 34.7 Å². The van der Waals surface area contributed by atoms with Gasteiger partial charge in [-0.3, -0.25) is 9.98 Å². The Labute approximate surface area is 248 Å². The molecule has 0 aromatic heterocycles. The molecule has 0 fully saturated rings. The molecule has 0 saturated carbocycles. The zero-order valence-electron chi connectivity index (χ0n) is 25.2. The molecule has 8 nitrogen and oxygen atoms in total. The van der Waals surface area contributed by atoms with Crippen LogP contribution in [-0.2, 0) is 35.3 Å². The van der Waals surface area contributed by atoms with E-state index in [2.05, 4.69) is 9.98 Å². The van der Waals surface area contributed by atoms with Crippen molar-refractivity contribution in [1.29, 1.82) is 0 Å². The molecule has 0 saturated heterocycles. The van der Waals surface area contributed by atoms with E-state index in [1.165, 1.54) is 12.4 Å². The van der Waals surface area contributed by atoms with Crippen LogP contribution in [0.15, 0.2) is 22.1 Å². The third-order valence-electron chi connectivity index (χ3n) is 9.17. The topological polar surface area (TPSA) is 140 Å². The third kappa shape index (κ3) is 6.37. The van der Waals surface area contributed by atoms with Gasteiger partial charge in [0.2, 0.25) is 0 Å². The molecule has 42 heavy (non-hydrogen) atoms. The Balaban J connectivity index is 1.94. The van der Waals surface area contributed by atoms with Crippen LogP contribution in [0.5, 0.6) is 11.5 Å². The number of carbonyl (C=O) groups is 2. The van der Waals surface area contributed by atoms with Crippen molar-refractivity contribution in [3.05, 3.63) is 45.5 Å². The van der Waals surface area contributed by atoms with Gasteiger partial charge in [0.1, 0.15) is 23.6 Å². The average molecular weight is 577 g/mol. The van der Waals surface area contributed by atoms with Crippen LogP contribution < -0.4 is 0 Å². The van der Waals surface area contributed by atoms with Crippen molar-refractivity contribution in [2.24, 2.45) is 21.8 Å². The van der Waals surface area contributed by atoms with E-state index >= 15 is 0 Å². The van der Waals surface area contributed by atoms with Crippen molar-refractivity contribution in [3.63, 3.8) is 0 Å². The zero-order valence-corrected chi connectivity index (χ0v) is 25.2. The number of hydrogen-bond donors (Lipinski definition) is 4. The van der Waals surface area contributed by atoms with Crippen LogP contribution in [0.4, 0.5) is 0 Å². The summed E-state index contributed by atoms with van der Waals surface area (Å²) in [6, 6.07) is 1.96. The van der Waals surface area contributed by atoms with Crippen LogP contribution in [0.1, 0.15) is 99.6 Å². The normalized spacial score (nSPS) is 17.9. The van der Waals surface area contributed by atoms with Gasteiger partial charge in [-0.2, -0.15) is 0 Å². The van der Waals surface area contributed by atoms with Gasteiger partial charge in [-0.15, -0.1) is 0 Å². The van der Waals surface area contributed by atoms with Gasteiger partial charge < -0.3 is 20.4 Å². The first kappa shape index (κ1) is 31.3. The molecule has 0 amide bonds. The predicted molar refractivity (Wildman–Crippen MR) is 165 cm³/mol.